The van der Waals surface area contributed by atoms with Crippen LogP contribution in [0.2, 0.25) is 0 Å². The summed E-state index contributed by atoms with van der Waals surface area (Å²) in [6, 6.07) is 17.4. The second-order valence-corrected chi connectivity index (χ2v) is 4.85. The van der Waals surface area contributed by atoms with Gasteiger partial charge in [-0.05, 0) is 35.6 Å². The highest BCUT2D eigenvalue weighted by Gasteiger charge is 2.21. The van der Waals surface area contributed by atoms with Crippen LogP contribution >= 0.6 is 0 Å². The van der Waals surface area contributed by atoms with Crippen molar-refractivity contribution in [3.05, 3.63) is 59.7 Å². The molecular formula is C18H23N. The summed E-state index contributed by atoms with van der Waals surface area (Å²) in [6.45, 7) is 6.31. The fraction of sp³-hybridized carbons (Fsp3) is 0.333. The third-order valence-electron chi connectivity index (χ3n) is 3.71. The van der Waals surface area contributed by atoms with Crippen LogP contribution in [-0.4, -0.2) is 7.05 Å². The van der Waals surface area contributed by atoms with Crippen molar-refractivity contribution in [1.29, 1.82) is 0 Å². The summed E-state index contributed by atoms with van der Waals surface area (Å²) < 4.78 is 0. The zero-order valence-corrected chi connectivity index (χ0v) is 12.4. The van der Waals surface area contributed by atoms with Crippen molar-refractivity contribution < 1.29 is 0 Å². The molecule has 0 radical (unpaired) electrons. The Balaban J connectivity index is 0.000000637. The summed E-state index contributed by atoms with van der Waals surface area (Å²) in [4.78, 5) is 2.31. The molecule has 1 heterocycles. The molecule has 0 amide bonds. The van der Waals surface area contributed by atoms with Gasteiger partial charge in [-0.2, -0.15) is 0 Å². The third kappa shape index (κ3) is 2.51. The average Bonchev–Trinajstić information content (AvgIpc) is 2.58. The van der Waals surface area contributed by atoms with Crippen LogP contribution in [0.15, 0.2) is 48.5 Å². The largest absolute Gasteiger partial charge is 0.344 e. The van der Waals surface area contributed by atoms with Gasteiger partial charge in [0.1, 0.15) is 0 Å². The number of anilines is 2. The molecule has 1 heteroatoms. The predicted octanol–water partition coefficient (Wildman–Crippen LogP) is 5.14. The highest BCUT2D eigenvalue weighted by Crippen LogP contribution is 2.39. The van der Waals surface area contributed by atoms with E-state index in [0.29, 0.717) is 5.92 Å². The number of nitrogens with zero attached hydrogens (tertiary/aromatic N) is 1. The maximum Gasteiger partial charge on any atom is 0.0443 e. The zero-order chi connectivity index (χ0) is 13.8. The van der Waals surface area contributed by atoms with Crippen molar-refractivity contribution in [2.45, 2.75) is 33.1 Å². The summed E-state index contributed by atoms with van der Waals surface area (Å²) >= 11 is 0. The van der Waals surface area contributed by atoms with Gasteiger partial charge in [-0.25, -0.2) is 0 Å². The minimum absolute atomic E-state index is 0.581. The summed E-state index contributed by atoms with van der Waals surface area (Å²) in [5.41, 5.74) is 5.57. The van der Waals surface area contributed by atoms with Crippen LogP contribution in [0, 0.1) is 0 Å². The normalized spacial score (nSPS) is 16.6. The first-order valence-corrected chi connectivity index (χ1v) is 7.18. The van der Waals surface area contributed by atoms with E-state index in [4.69, 9.17) is 0 Å². The van der Waals surface area contributed by atoms with E-state index in [1.165, 1.54) is 22.5 Å². The molecule has 100 valence electrons. The van der Waals surface area contributed by atoms with Crippen LogP contribution in [0.3, 0.4) is 0 Å². The van der Waals surface area contributed by atoms with E-state index in [1.54, 1.807) is 0 Å². The second-order valence-electron chi connectivity index (χ2n) is 4.85. The molecule has 1 nitrogen and oxygen atoms in total. The Hall–Kier alpha value is -1.76. The van der Waals surface area contributed by atoms with Crippen molar-refractivity contribution >= 4 is 11.4 Å². The number of para-hydroxylation sites is 2. The minimum Gasteiger partial charge on any atom is -0.344 e. The maximum atomic E-state index is 2.31. The molecule has 1 aliphatic heterocycles. The first-order chi connectivity index (χ1) is 9.27. The topological polar surface area (TPSA) is 3.24 Å². The van der Waals surface area contributed by atoms with Gasteiger partial charge >= 0.3 is 0 Å². The monoisotopic (exact) mass is 253 g/mol. The number of fused-ring (bicyclic) bond motifs is 2. The van der Waals surface area contributed by atoms with Crippen molar-refractivity contribution in [3.8, 4) is 0 Å². The van der Waals surface area contributed by atoms with Gasteiger partial charge in [0.2, 0.25) is 0 Å². The van der Waals surface area contributed by atoms with Crippen LogP contribution < -0.4 is 4.90 Å². The molecule has 0 saturated heterocycles. The number of hydrogen-bond acceptors (Lipinski definition) is 1. The first-order valence-electron chi connectivity index (χ1n) is 7.18. The van der Waals surface area contributed by atoms with Gasteiger partial charge in [-0.1, -0.05) is 57.2 Å². The first kappa shape index (κ1) is 13.7. The van der Waals surface area contributed by atoms with Gasteiger partial charge in [0.15, 0.2) is 0 Å². The van der Waals surface area contributed by atoms with E-state index < -0.39 is 0 Å². The Bertz CT molecular complexity index is 545. The molecule has 0 saturated carbocycles. The molecule has 1 unspecified atom stereocenters. The molecule has 0 bridgehead atoms. The molecule has 3 rings (SSSR count). The van der Waals surface area contributed by atoms with E-state index in [1.807, 2.05) is 13.8 Å². The Kier molecular flexibility index (Phi) is 4.26. The van der Waals surface area contributed by atoms with Crippen molar-refractivity contribution in [2.75, 3.05) is 11.9 Å². The number of rotatable bonds is 0. The van der Waals surface area contributed by atoms with Crippen molar-refractivity contribution in [2.24, 2.45) is 0 Å². The van der Waals surface area contributed by atoms with Crippen LogP contribution in [0.4, 0.5) is 11.4 Å². The van der Waals surface area contributed by atoms with Gasteiger partial charge < -0.3 is 4.90 Å². The quantitative estimate of drug-likeness (QED) is 0.628. The molecule has 1 aliphatic rings. The lowest BCUT2D eigenvalue weighted by Gasteiger charge is -2.22. The minimum atomic E-state index is 0.581. The van der Waals surface area contributed by atoms with E-state index >= 15 is 0 Å². The number of hydrogen-bond donors (Lipinski definition) is 0. The smallest absolute Gasteiger partial charge is 0.0443 e. The van der Waals surface area contributed by atoms with E-state index in [9.17, 15) is 0 Å². The predicted molar refractivity (Wildman–Crippen MR) is 84.4 cm³/mol. The Morgan fingerprint density at radius 3 is 2.21 bits per heavy atom. The van der Waals surface area contributed by atoms with Gasteiger partial charge in [0.05, 0.1) is 0 Å². The highest BCUT2D eigenvalue weighted by molar-refractivity contribution is 5.71. The third-order valence-corrected chi connectivity index (χ3v) is 3.71. The van der Waals surface area contributed by atoms with Crippen LogP contribution in [0.5, 0.6) is 0 Å². The van der Waals surface area contributed by atoms with Crippen LogP contribution in [0.1, 0.15) is 37.8 Å². The summed E-state index contributed by atoms with van der Waals surface area (Å²) in [5, 5.41) is 0. The summed E-state index contributed by atoms with van der Waals surface area (Å²) in [6.07, 6.45) is 1.12. The number of benzene rings is 2. The van der Waals surface area contributed by atoms with Gasteiger partial charge in [0, 0.05) is 18.4 Å². The van der Waals surface area contributed by atoms with Gasteiger partial charge in [-0.15, -0.1) is 0 Å². The standard InChI is InChI=1S/C16H17N.C2H6/c1-12-11-13-7-3-5-9-15(13)17(2)16-10-6-4-8-14(12)16;1-2/h3-10,12H,11H2,1-2H3;1-2H3. The van der Waals surface area contributed by atoms with Crippen molar-refractivity contribution in [3.63, 3.8) is 0 Å². The summed E-state index contributed by atoms with van der Waals surface area (Å²) in [5.74, 6) is 0.581. The molecule has 1 atom stereocenters. The highest BCUT2D eigenvalue weighted by atomic mass is 15.1. The second kappa shape index (κ2) is 5.92. The molecule has 0 fully saturated rings. The summed E-state index contributed by atoms with van der Waals surface area (Å²) in [7, 11) is 2.16. The SMILES string of the molecule is CC.CC1Cc2ccccc2N(C)c2ccccc21. The van der Waals surface area contributed by atoms with Crippen LogP contribution in [-0.2, 0) is 6.42 Å². The van der Waals surface area contributed by atoms with Crippen molar-refractivity contribution in [1.82, 2.24) is 0 Å². The van der Waals surface area contributed by atoms with E-state index in [-0.39, 0.29) is 0 Å². The molecule has 0 aliphatic carbocycles. The van der Waals surface area contributed by atoms with E-state index in [0.717, 1.165) is 6.42 Å². The molecule has 0 spiro atoms. The zero-order valence-electron chi connectivity index (χ0n) is 12.4. The molecular weight excluding hydrogens is 230 g/mol. The van der Waals surface area contributed by atoms with Gasteiger partial charge in [0.25, 0.3) is 0 Å². The van der Waals surface area contributed by atoms with Gasteiger partial charge in [-0.3, -0.25) is 0 Å². The van der Waals surface area contributed by atoms with Crippen LogP contribution in [0.25, 0.3) is 0 Å². The molecule has 2 aromatic rings. The van der Waals surface area contributed by atoms with E-state index in [2.05, 4.69) is 67.4 Å². The molecule has 2 aromatic carbocycles. The lowest BCUT2D eigenvalue weighted by Crippen LogP contribution is -2.10. The Morgan fingerprint density at radius 2 is 1.47 bits per heavy atom. The lowest BCUT2D eigenvalue weighted by molar-refractivity contribution is 0.769. The Morgan fingerprint density at radius 1 is 0.895 bits per heavy atom. The average molecular weight is 253 g/mol. The molecule has 19 heavy (non-hydrogen) atoms. The Labute approximate surface area is 116 Å². The molecule has 0 N–H and O–H groups in total. The lowest BCUT2D eigenvalue weighted by atomic mass is 9.94. The fourth-order valence-electron chi connectivity index (χ4n) is 2.79. The maximum absolute atomic E-state index is 2.31. The molecule has 0 aromatic heterocycles. The fourth-order valence-corrected chi connectivity index (χ4v) is 2.79.